The highest BCUT2D eigenvalue weighted by Gasteiger charge is 2.42. The molecular weight excluding hydrogens is 364 g/mol. The predicted octanol–water partition coefficient (Wildman–Crippen LogP) is 1.81. The SMILES string of the molecule is O=C=NS(=O)(=O)N(C1CCC(Cl)CC1)S(=O)(=O)c1ccccc1. The molecule has 0 saturated heterocycles. The van der Waals surface area contributed by atoms with Crippen molar-refractivity contribution in [1.82, 2.24) is 3.71 Å². The Morgan fingerprint density at radius 2 is 1.61 bits per heavy atom. The molecule has 0 atom stereocenters. The van der Waals surface area contributed by atoms with Crippen LogP contribution in [0.15, 0.2) is 39.6 Å². The lowest BCUT2D eigenvalue weighted by atomic mass is 9.96. The Kier molecular flexibility index (Phi) is 5.59. The van der Waals surface area contributed by atoms with E-state index in [0.29, 0.717) is 16.6 Å². The van der Waals surface area contributed by atoms with E-state index in [2.05, 4.69) is 4.40 Å². The van der Waals surface area contributed by atoms with Crippen molar-refractivity contribution in [2.45, 2.75) is 42.0 Å². The van der Waals surface area contributed by atoms with Gasteiger partial charge in [0.2, 0.25) is 0 Å². The number of carbonyl (C=O) groups excluding carboxylic acids is 1. The number of alkyl halides is 1. The number of halogens is 1. The zero-order valence-corrected chi connectivity index (χ0v) is 14.4. The van der Waals surface area contributed by atoms with Crippen molar-refractivity contribution in [3.8, 4) is 0 Å². The third-order valence-electron chi connectivity index (χ3n) is 3.58. The normalized spacial score (nSPS) is 22.5. The van der Waals surface area contributed by atoms with Gasteiger partial charge < -0.3 is 0 Å². The Morgan fingerprint density at radius 1 is 1.04 bits per heavy atom. The minimum Gasteiger partial charge on any atom is -0.210 e. The quantitative estimate of drug-likeness (QED) is 0.441. The fraction of sp³-hybridized carbons (Fsp3) is 0.462. The summed E-state index contributed by atoms with van der Waals surface area (Å²) in [6.45, 7) is 0. The molecule has 1 aromatic carbocycles. The molecule has 7 nitrogen and oxygen atoms in total. The van der Waals surface area contributed by atoms with Crippen molar-refractivity contribution in [3.63, 3.8) is 0 Å². The summed E-state index contributed by atoms with van der Waals surface area (Å²) in [6.07, 6.45) is 2.42. The summed E-state index contributed by atoms with van der Waals surface area (Å²) in [5.74, 6) is 0. The Hall–Kier alpha value is -1.25. The summed E-state index contributed by atoms with van der Waals surface area (Å²) >= 11 is 5.99. The number of rotatable bonds is 5. The van der Waals surface area contributed by atoms with Crippen LogP contribution in [0.4, 0.5) is 0 Å². The lowest BCUT2D eigenvalue weighted by molar-refractivity contribution is 0.331. The van der Waals surface area contributed by atoms with E-state index in [1.807, 2.05) is 0 Å². The van der Waals surface area contributed by atoms with Crippen molar-refractivity contribution in [2.75, 3.05) is 0 Å². The van der Waals surface area contributed by atoms with Crippen LogP contribution >= 0.6 is 11.6 Å². The third-order valence-corrected chi connectivity index (χ3v) is 7.87. The van der Waals surface area contributed by atoms with Crippen LogP contribution in [0.25, 0.3) is 0 Å². The van der Waals surface area contributed by atoms with Crippen LogP contribution < -0.4 is 0 Å². The third kappa shape index (κ3) is 3.99. The van der Waals surface area contributed by atoms with Gasteiger partial charge in [0.25, 0.3) is 16.1 Å². The highest BCUT2D eigenvalue weighted by molar-refractivity contribution is 8.03. The molecule has 1 saturated carbocycles. The van der Waals surface area contributed by atoms with Crippen LogP contribution in [0.1, 0.15) is 25.7 Å². The monoisotopic (exact) mass is 378 g/mol. The van der Waals surface area contributed by atoms with E-state index in [1.165, 1.54) is 24.3 Å². The van der Waals surface area contributed by atoms with Crippen LogP contribution in [-0.4, -0.2) is 38.0 Å². The second-order valence-corrected chi connectivity index (χ2v) is 9.24. The maximum Gasteiger partial charge on any atom is 0.346 e. The molecule has 0 unspecified atom stereocenters. The maximum atomic E-state index is 12.8. The highest BCUT2D eigenvalue weighted by atomic mass is 35.5. The first-order valence-electron chi connectivity index (χ1n) is 6.87. The Bertz CT molecular complexity index is 796. The molecule has 10 heteroatoms. The number of hydrogen-bond acceptors (Lipinski definition) is 5. The molecule has 0 heterocycles. The molecule has 0 spiro atoms. The van der Waals surface area contributed by atoms with E-state index in [0.717, 1.165) is 6.08 Å². The minimum atomic E-state index is -4.69. The molecule has 0 aliphatic heterocycles. The zero-order valence-electron chi connectivity index (χ0n) is 12.0. The van der Waals surface area contributed by atoms with Crippen molar-refractivity contribution in [1.29, 1.82) is 0 Å². The largest absolute Gasteiger partial charge is 0.346 e. The number of hydrogen-bond donors (Lipinski definition) is 0. The Labute approximate surface area is 140 Å². The molecule has 1 aliphatic carbocycles. The van der Waals surface area contributed by atoms with E-state index in [4.69, 9.17) is 11.6 Å². The molecule has 0 amide bonds. The Balaban J connectivity index is 2.52. The topological polar surface area (TPSA) is 101 Å². The van der Waals surface area contributed by atoms with Crippen molar-refractivity contribution < 1.29 is 21.6 Å². The fourth-order valence-corrected chi connectivity index (χ4v) is 6.21. The second kappa shape index (κ2) is 7.11. The molecule has 0 radical (unpaired) electrons. The molecule has 23 heavy (non-hydrogen) atoms. The van der Waals surface area contributed by atoms with Gasteiger partial charge in [-0.15, -0.1) is 11.6 Å². The van der Waals surface area contributed by atoms with Crippen molar-refractivity contribution in [3.05, 3.63) is 30.3 Å². The van der Waals surface area contributed by atoms with E-state index in [9.17, 15) is 21.6 Å². The standard InChI is InChI=1S/C13H15ClN2O5S2/c14-11-6-8-12(9-7-11)16(23(20,21)15-10-17)22(18,19)13-4-2-1-3-5-13/h1-5,11-12H,6-9H2. The van der Waals surface area contributed by atoms with Crippen LogP contribution in [0.2, 0.25) is 0 Å². The van der Waals surface area contributed by atoms with E-state index >= 15 is 0 Å². The average molecular weight is 379 g/mol. The van der Waals surface area contributed by atoms with Crippen molar-refractivity contribution >= 4 is 37.9 Å². The van der Waals surface area contributed by atoms with E-state index in [1.54, 1.807) is 6.07 Å². The highest BCUT2D eigenvalue weighted by Crippen LogP contribution is 2.32. The smallest absolute Gasteiger partial charge is 0.210 e. The number of benzene rings is 1. The summed E-state index contributed by atoms with van der Waals surface area (Å²) in [5.41, 5.74) is 0. The summed E-state index contributed by atoms with van der Waals surface area (Å²) in [6, 6.07) is 6.33. The van der Waals surface area contributed by atoms with Crippen molar-refractivity contribution in [2.24, 2.45) is 4.40 Å². The van der Waals surface area contributed by atoms with E-state index < -0.39 is 26.3 Å². The molecule has 0 N–H and O–H groups in total. The summed E-state index contributed by atoms with van der Waals surface area (Å²) in [5, 5.41) is -0.121. The van der Waals surface area contributed by atoms with Gasteiger partial charge in [0.1, 0.15) is 0 Å². The van der Waals surface area contributed by atoms with Gasteiger partial charge in [0, 0.05) is 11.4 Å². The predicted molar refractivity (Wildman–Crippen MR) is 84.4 cm³/mol. The second-order valence-electron chi connectivity index (χ2n) is 5.11. The summed E-state index contributed by atoms with van der Waals surface area (Å²) in [7, 11) is -9.06. The van der Waals surface area contributed by atoms with E-state index in [-0.39, 0.29) is 23.1 Å². The maximum absolute atomic E-state index is 12.8. The van der Waals surface area contributed by atoms with Gasteiger partial charge >= 0.3 is 10.2 Å². The molecular formula is C13H15ClN2O5S2. The van der Waals surface area contributed by atoms with Crippen LogP contribution in [-0.2, 0) is 25.0 Å². The van der Waals surface area contributed by atoms with Gasteiger partial charge in [0.05, 0.1) is 4.90 Å². The van der Waals surface area contributed by atoms with Crippen LogP contribution in [0.3, 0.4) is 0 Å². The molecule has 1 fully saturated rings. The molecule has 0 bridgehead atoms. The van der Waals surface area contributed by atoms with Gasteiger partial charge in [-0.3, -0.25) is 0 Å². The molecule has 1 aliphatic rings. The first-order chi connectivity index (χ1) is 10.8. The molecule has 0 aromatic heterocycles. The first-order valence-corrected chi connectivity index (χ1v) is 10.1. The number of isocyanates is 1. The summed E-state index contributed by atoms with van der Waals surface area (Å²) in [4.78, 5) is 10.2. The fourth-order valence-electron chi connectivity index (χ4n) is 2.54. The molecule has 1 aromatic rings. The number of nitrogens with zero attached hydrogens (tertiary/aromatic N) is 2. The molecule has 2 rings (SSSR count). The van der Waals surface area contributed by atoms with Gasteiger partial charge in [0.15, 0.2) is 0 Å². The van der Waals surface area contributed by atoms with Gasteiger partial charge in [-0.25, -0.2) is 13.2 Å². The first kappa shape index (κ1) is 18.1. The molecule has 126 valence electrons. The Morgan fingerprint density at radius 3 is 2.13 bits per heavy atom. The van der Waals surface area contributed by atoms with Gasteiger partial charge in [-0.05, 0) is 37.8 Å². The van der Waals surface area contributed by atoms with Crippen LogP contribution in [0, 0.1) is 0 Å². The van der Waals surface area contributed by atoms with Crippen LogP contribution in [0.5, 0.6) is 0 Å². The van der Waals surface area contributed by atoms with Gasteiger partial charge in [-0.1, -0.05) is 26.3 Å². The lowest BCUT2D eigenvalue weighted by Crippen LogP contribution is -2.45. The number of sulfonamides is 1. The van der Waals surface area contributed by atoms with Gasteiger partial charge in [-0.2, -0.15) is 8.42 Å². The summed E-state index contributed by atoms with van der Waals surface area (Å²) < 4.78 is 53.0. The lowest BCUT2D eigenvalue weighted by Gasteiger charge is -2.32. The zero-order chi connectivity index (χ0) is 17.1. The average Bonchev–Trinajstić information content (AvgIpc) is 2.50. The minimum absolute atomic E-state index is 0.121.